The van der Waals surface area contributed by atoms with Crippen LogP contribution >= 0.6 is 0 Å². The Morgan fingerprint density at radius 1 is 1.10 bits per heavy atom. The molecule has 1 aliphatic rings. The van der Waals surface area contributed by atoms with Gasteiger partial charge in [-0.05, 0) is 63.4 Å². The summed E-state index contributed by atoms with van der Waals surface area (Å²) in [5, 5.41) is 3.76. The van der Waals surface area contributed by atoms with Gasteiger partial charge < -0.3 is 5.32 Å². The van der Waals surface area contributed by atoms with Crippen LogP contribution < -0.4 is 5.32 Å². The molecule has 0 spiro atoms. The van der Waals surface area contributed by atoms with Gasteiger partial charge in [-0.3, -0.25) is 4.90 Å². The van der Waals surface area contributed by atoms with E-state index >= 15 is 0 Å². The minimum atomic E-state index is 0.457. The highest BCUT2D eigenvalue weighted by Gasteiger charge is 2.26. The average molecular weight is 274 g/mol. The molecule has 1 aromatic rings. The fourth-order valence-electron chi connectivity index (χ4n) is 3.19. The maximum absolute atomic E-state index is 3.76. The summed E-state index contributed by atoms with van der Waals surface area (Å²) in [7, 11) is 0. The lowest BCUT2D eigenvalue weighted by molar-refractivity contribution is 0.207. The number of hydrogen-bond acceptors (Lipinski definition) is 2. The standard InChI is InChI=1S/C18H30N2/c1-4-12-19-18(15(3)20-13-6-7-14-20)17-10-8-16(5-2)9-11-17/h8-11,15,18-19H,4-7,12-14H2,1-3H3. The van der Waals surface area contributed by atoms with Gasteiger partial charge in [0.15, 0.2) is 0 Å². The Balaban J connectivity index is 2.11. The van der Waals surface area contributed by atoms with Crippen LogP contribution in [0.5, 0.6) is 0 Å². The predicted octanol–water partition coefficient (Wildman–Crippen LogP) is 3.77. The van der Waals surface area contributed by atoms with Gasteiger partial charge in [0.1, 0.15) is 0 Å². The highest BCUT2D eigenvalue weighted by molar-refractivity contribution is 5.26. The Kier molecular flexibility index (Phi) is 6.06. The molecular formula is C18H30N2. The zero-order chi connectivity index (χ0) is 14.4. The van der Waals surface area contributed by atoms with Crippen molar-refractivity contribution in [1.29, 1.82) is 0 Å². The van der Waals surface area contributed by atoms with Crippen molar-refractivity contribution in [2.45, 2.75) is 58.5 Å². The normalized spacial score (nSPS) is 19.1. The molecule has 2 rings (SSSR count). The summed E-state index contributed by atoms with van der Waals surface area (Å²) >= 11 is 0. The van der Waals surface area contributed by atoms with Crippen molar-refractivity contribution in [3.63, 3.8) is 0 Å². The van der Waals surface area contributed by atoms with E-state index in [0.29, 0.717) is 12.1 Å². The fourth-order valence-corrected chi connectivity index (χ4v) is 3.19. The maximum atomic E-state index is 3.76. The van der Waals surface area contributed by atoms with Crippen LogP contribution in [-0.4, -0.2) is 30.6 Å². The van der Waals surface area contributed by atoms with Crippen molar-refractivity contribution < 1.29 is 0 Å². The molecule has 1 aliphatic heterocycles. The second-order valence-corrected chi connectivity index (χ2v) is 6.01. The lowest BCUT2D eigenvalue weighted by Gasteiger charge is -2.33. The first-order valence-electron chi connectivity index (χ1n) is 8.32. The van der Waals surface area contributed by atoms with Gasteiger partial charge in [-0.1, -0.05) is 38.1 Å². The zero-order valence-corrected chi connectivity index (χ0v) is 13.4. The van der Waals surface area contributed by atoms with E-state index in [-0.39, 0.29) is 0 Å². The third-order valence-corrected chi connectivity index (χ3v) is 4.56. The number of benzene rings is 1. The summed E-state index contributed by atoms with van der Waals surface area (Å²) in [6.45, 7) is 10.5. The van der Waals surface area contributed by atoms with E-state index in [1.165, 1.54) is 43.5 Å². The highest BCUT2D eigenvalue weighted by atomic mass is 15.2. The molecule has 0 saturated carbocycles. The van der Waals surface area contributed by atoms with Crippen molar-refractivity contribution in [2.24, 2.45) is 0 Å². The first-order chi connectivity index (χ1) is 9.76. The van der Waals surface area contributed by atoms with Crippen molar-refractivity contribution in [1.82, 2.24) is 10.2 Å². The molecule has 1 N–H and O–H groups in total. The lowest BCUT2D eigenvalue weighted by Crippen LogP contribution is -2.41. The summed E-state index contributed by atoms with van der Waals surface area (Å²) in [5.41, 5.74) is 2.87. The molecule has 2 nitrogen and oxygen atoms in total. The van der Waals surface area contributed by atoms with Gasteiger partial charge in [0.05, 0.1) is 0 Å². The molecule has 0 radical (unpaired) electrons. The molecule has 1 saturated heterocycles. The Hall–Kier alpha value is -0.860. The predicted molar refractivity (Wildman–Crippen MR) is 87.1 cm³/mol. The van der Waals surface area contributed by atoms with Crippen molar-refractivity contribution in [3.05, 3.63) is 35.4 Å². The summed E-state index contributed by atoms with van der Waals surface area (Å²) < 4.78 is 0. The molecule has 2 atom stereocenters. The van der Waals surface area contributed by atoms with Gasteiger partial charge >= 0.3 is 0 Å². The lowest BCUT2D eigenvalue weighted by atomic mass is 9.97. The van der Waals surface area contributed by atoms with Crippen LogP contribution in [0.25, 0.3) is 0 Å². The summed E-state index contributed by atoms with van der Waals surface area (Å²) in [6, 6.07) is 10.2. The molecule has 0 aliphatic carbocycles. The summed E-state index contributed by atoms with van der Waals surface area (Å²) in [4.78, 5) is 2.64. The number of likely N-dealkylation sites (tertiary alicyclic amines) is 1. The molecule has 2 unspecified atom stereocenters. The van der Waals surface area contributed by atoms with Gasteiger partial charge in [-0.25, -0.2) is 0 Å². The summed E-state index contributed by atoms with van der Waals surface area (Å²) in [5.74, 6) is 0. The number of aryl methyl sites for hydroxylation is 1. The maximum Gasteiger partial charge on any atom is 0.0475 e. The second kappa shape index (κ2) is 7.80. The number of nitrogens with zero attached hydrogens (tertiary/aromatic N) is 1. The van der Waals surface area contributed by atoms with Gasteiger partial charge in [0.2, 0.25) is 0 Å². The van der Waals surface area contributed by atoms with E-state index < -0.39 is 0 Å². The molecule has 20 heavy (non-hydrogen) atoms. The van der Waals surface area contributed by atoms with Gasteiger partial charge in [0, 0.05) is 12.1 Å². The quantitative estimate of drug-likeness (QED) is 0.814. The fraction of sp³-hybridized carbons (Fsp3) is 0.667. The topological polar surface area (TPSA) is 15.3 Å². The molecule has 112 valence electrons. The van der Waals surface area contributed by atoms with Crippen LogP contribution in [0.1, 0.15) is 57.2 Å². The van der Waals surface area contributed by atoms with Crippen LogP contribution in [0, 0.1) is 0 Å². The third-order valence-electron chi connectivity index (χ3n) is 4.56. The van der Waals surface area contributed by atoms with Crippen LogP contribution in [0.15, 0.2) is 24.3 Å². The minimum Gasteiger partial charge on any atom is -0.309 e. The molecule has 2 heteroatoms. The highest BCUT2D eigenvalue weighted by Crippen LogP contribution is 2.24. The van der Waals surface area contributed by atoms with Crippen molar-refractivity contribution in [2.75, 3.05) is 19.6 Å². The largest absolute Gasteiger partial charge is 0.309 e. The summed E-state index contributed by atoms with van der Waals surface area (Å²) in [6.07, 6.45) is 5.03. The monoisotopic (exact) mass is 274 g/mol. The Morgan fingerprint density at radius 3 is 2.30 bits per heavy atom. The average Bonchev–Trinajstić information content (AvgIpc) is 3.02. The Morgan fingerprint density at radius 2 is 1.75 bits per heavy atom. The molecule has 0 amide bonds. The van der Waals surface area contributed by atoms with Gasteiger partial charge in [-0.15, -0.1) is 0 Å². The smallest absolute Gasteiger partial charge is 0.0475 e. The van der Waals surface area contributed by atoms with Crippen LogP contribution in [-0.2, 0) is 6.42 Å². The minimum absolute atomic E-state index is 0.457. The Bertz CT molecular complexity index is 379. The van der Waals surface area contributed by atoms with E-state index in [0.717, 1.165) is 13.0 Å². The zero-order valence-electron chi connectivity index (χ0n) is 13.4. The van der Waals surface area contributed by atoms with Crippen molar-refractivity contribution >= 4 is 0 Å². The van der Waals surface area contributed by atoms with Gasteiger partial charge in [-0.2, -0.15) is 0 Å². The van der Waals surface area contributed by atoms with E-state index in [4.69, 9.17) is 0 Å². The van der Waals surface area contributed by atoms with E-state index in [9.17, 15) is 0 Å². The number of rotatable bonds is 7. The van der Waals surface area contributed by atoms with Gasteiger partial charge in [0.25, 0.3) is 0 Å². The van der Waals surface area contributed by atoms with Crippen molar-refractivity contribution in [3.8, 4) is 0 Å². The molecule has 0 aromatic heterocycles. The third kappa shape index (κ3) is 3.83. The van der Waals surface area contributed by atoms with Crippen LogP contribution in [0.2, 0.25) is 0 Å². The SMILES string of the molecule is CCCNC(c1ccc(CC)cc1)C(C)N1CCCC1. The van der Waals surface area contributed by atoms with E-state index in [1.807, 2.05) is 0 Å². The van der Waals surface area contributed by atoms with Crippen LogP contribution in [0.3, 0.4) is 0 Å². The molecule has 1 aromatic carbocycles. The van der Waals surface area contributed by atoms with E-state index in [2.05, 4.69) is 55.3 Å². The van der Waals surface area contributed by atoms with E-state index in [1.54, 1.807) is 0 Å². The molecular weight excluding hydrogens is 244 g/mol. The molecule has 1 heterocycles. The number of nitrogens with one attached hydrogen (secondary N) is 1. The second-order valence-electron chi connectivity index (χ2n) is 6.01. The first-order valence-corrected chi connectivity index (χ1v) is 8.32. The molecule has 0 bridgehead atoms. The first kappa shape index (κ1) is 15.5. The Labute approximate surface area is 124 Å². The number of hydrogen-bond donors (Lipinski definition) is 1. The molecule has 1 fully saturated rings. The van der Waals surface area contributed by atoms with Crippen LogP contribution in [0.4, 0.5) is 0 Å².